The van der Waals surface area contributed by atoms with Gasteiger partial charge >= 0.3 is 0 Å². The minimum atomic E-state index is -0.227. The molecule has 0 saturated heterocycles. The zero-order chi connectivity index (χ0) is 14.4. The highest BCUT2D eigenvalue weighted by Crippen LogP contribution is 2.34. The molecule has 20 heavy (non-hydrogen) atoms. The standard InChI is InChI=1S/C16H25FN2O/c1-2-20-16(13-6-4-3-5-7-13)15(19-18)12-8-10-14(17)11-9-12/h8-11,13,15-16,19H,2-7,18H2,1H3. The van der Waals surface area contributed by atoms with Crippen LogP contribution in [0.25, 0.3) is 0 Å². The third kappa shape index (κ3) is 3.78. The molecule has 0 aliphatic heterocycles. The Kier molecular flexibility index (Phi) is 5.95. The fourth-order valence-corrected chi connectivity index (χ4v) is 3.21. The molecule has 0 amide bonds. The predicted molar refractivity (Wildman–Crippen MR) is 78.5 cm³/mol. The second-order valence-corrected chi connectivity index (χ2v) is 5.51. The average molecular weight is 280 g/mol. The summed E-state index contributed by atoms with van der Waals surface area (Å²) in [6.45, 7) is 2.68. The van der Waals surface area contributed by atoms with Crippen LogP contribution in [0.1, 0.15) is 50.6 Å². The van der Waals surface area contributed by atoms with Gasteiger partial charge in [-0.15, -0.1) is 0 Å². The largest absolute Gasteiger partial charge is 0.376 e. The van der Waals surface area contributed by atoms with E-state index < -0.39 is 0 Å². The van der Waals surface area contributed by atoms with E-state index in [2.05, 4.69) is 5.43 Å². The summed E-state index contributed by atoms with van der Waals surface area (Å²) in [5.74, 6) is 6.05. The van der Waals surface area contributed by atoms with Gasteiger partial charge < -0.3 is 4.74 Å². The van der Waals surface area contributed by atoms with Crippen LogP contribution in [0.15, 0.2) is 24.3 Å². The van der Waals surface area contributed by atoms with Crippen LogP contribution >= 0.6 is 0 Å². The molecule has 1 aliphatic rings. The highest BCUT2D eigenvalue weighted by Gasteiger charge is 2.31. The number of hydrogen-bond donors (Lipinski definition) is 2. The van der Waals surface area contributed by atoms with Gasteiger partial charge in [-0.2, -0.15) is 0 Å². The molecular weight excluding hydrogens is 255 g/mol. The number of halogens is 1. The minimum Gasteiger partial charge on any atom is -0.376 e. The second-order valence-electron chi connectivity index (χ2n) is 5.51. The summed E-state index contributed by atoms with van der Waals surface area (Å²) in [4.78, 5) is 0. The highest BCUT2D eigenvalue weighted by atomic mass is 19.1. The Morgan fingerprint density at radius 2 is 1.90 bits per heavy atom. The lowest BCUT2D eigenvalue weighted by Gasteiger charge is -2.35. The third-order valence-electron chi connectivity index (χ3n) is 4.21. The summed E-state index contributed by atoms with van der Waals surface area (Å²) in [5, 5.41) is 0. The molecule has 1 aromatic rings. The van der Waals surface area contributed by atoms with Crippen LogP contribution in [-0.2, 0) is 4.74 Å². The number of rotatable bonds is 6. The SMILES string of the molecule is CCOC(C1CCCCC1)C(NN)c1ccc(F)cc1. The molecule has 0 aromatic heterocycles. The quantitative estimate of drug-likeness (QED) is 0.621. The summed E-state index contributed by atoms with van der Waals surface area (Å²) in [7, 11) is 0. The number of ether oxygens (including phenoxy) is 1. The van der Waals surface area contributed by atoms with Crippen LogP contribution in [0.3, 0.4) is 0 Å². The van der Waals surface area contributed by atoms with Crippen LogP contribution in [0.5, 0.6) is 0 Å². The molecule has 2 unspecified atom stereocenters. The molecule has 1 aromatic carbocycles. The molecular formula is C16H25FN2O. The van der Waals surface area contributed by atoms with Crippen molar-refractivity contribution in [1.29, 1.82) is 0 Å². The van der Waals surface area contributed by atoms with Crippen molar-refractivity contribution < 1.29 is 9.13 Å². The maximum Gasteiger partial charge on any atom is 0.123 e. The Labute approximate surface area is 120 Å². The second kappa shape index (κ2) is 7.72. The van der Waals surface area contributed by atoms with E-state index >= 15 is 0 Å². The first-order valence-corrected chi connectivity index (χ1v) is 7.59. The van der Waals surface area contributed by atoms with E-state index in [9.17, 15) is 4.39 Å². The van der Waals surface area contributed by atoms with Crippen LogP contribution in [0.2, 0.25) is 0 Å². The topological polar surface area (TPSA) is 47.3 Å². The van der Waals surface area contributed by atoms with Gasteiger partial charge in [0.1, 0.15) is 5.82 Å². The van der Waals surface area contributed by atoms with Gasteiger partial charge in [-0.3, -0.25) is 11.3 Å². The lowest BCUT2D eigenvalue weighted by Crippen LogP contribution is -2.42. The average Bonchev–Trinajstić information content (AvgIpc) is 2.50. The fraction of sp³-hybridized carbons (Fsp3) is 0.625. The highest BCUT2D eigenvalue weighted by molar-refractivity contribution is 5.21. The molecule has 0 heterocycles. The zero-order valence-corrected chi connectivity index (χ0v) is 12.1. The van der Waals surface area contributed by atoms with Gasteiger partial charge in [-0.1, -0.05) is 31.4 Å². The molecule has 0 radical (unpaired) electrons. The number of nitrogens with two attached hydrogens (primary N) is 1. The van der Waals surface area contributed by atoms with Crippen molar-refractivity contribution in [3.05, 3.63) is 35.6 Å². The van der Waals surface area contributed by atoms with Crippen molar-refractivity contribution in [2.75, 3.05) is 6.61 Å². The van der Waals surface area contributed by atoms with Crippen molar-refractivity contribution in [3.63, 3.8) is 0 Å². The number of hydrazine groups is 1. The first-order valence-electron chi connectivity index (χ1n) is 7.59. The van der Waals surface area contributed by atoms with Crippen molar-refractivity contribution in [1.82, 2.24) is 5.43 Å². The van der Waals surface area contributed by atoms with Crippen molar-refractivity contribution in [2.45, 2.75) is 51.2 Å². The molecule has 1 saturated carbocycles. The van der Waals surface area contributed by atoms with Crippen molar-refractivity contribution in [3.8, 4) is 0 Å². The van der Waals surface area contributed by atoms with Crippen LogP contribution in [0.4, 0.5) is 4.39 Å². The van der Waals surface area contributed by atoms with Crippen LogP contribution in [-0.4, -0.2) is 12.7 Å². The monoisotopic (exact) mass is 280 g/mol. The van der Waals surface area contributed by atoms with Gasteiger partial charge in [0.2, 0.25) is 0 Å². The zero-order valence-electron chi connectivity index (χ0n) is 12.1. The number of nitrogens with one attached hydrogen (secondary N) is 1. The van der Waals surface area contributed by atoms with E-state index in [0.29, 0.717) is 12.5 Å². The van der Waals surface area contributed by atoms with E-state index in [1.165, 1.54) is 44.2 Å². The lowest BCUT2D eigenvalue weighted by molar-refractivity contribution is -0.0184. The molecule has 0 spiro atoms. The molecule has 3 N–H and O–H groups in total. The van der Waals surface area contributed by atoms with Gasteiger partial charge in [0.05, 0.1) is 12.1 Å². The van der Waals surface area contributed by atoms with E-state index in [1.54, 1.807) is 12.1 Å². The predicted octanol–water partition coefficient (Wildman–Crippen LogP) is 3.32. The molecule has 2 atom stereocenters. The summed E-state index contributed by atoms with van der Waals surface area (Å²) < 4.78 is 19.1. The molecule has 1 fully saturated rings. The van der Waals surface area contributed by atoms with E-state index in [-0.39, 0.29) is 18.0 Å². The van der Waals surface area contributed by atoms with Gasteiger partial charge in [0.25, 0.3) is 0 Å². The molecule has 4 heteroatoms. The van der Waals surface area contributed by atoms with E-state index in [0.717, 1.165) is 5.56 Å². The van der Waals surface area contributed by atoms with Crippen LogP contribution < -0.4 is 11.3 Å². The third-order valence-corrected chi connectivity index (χ3v) is 4.21. The van der Waals surface area contributed by atoms with E-state index in [1.807, 2.05) is 6.92 Å². The Hall–Kier alpha value is -0.970. The maximum atomic E-state index is 13.1. The summed E-state index contributed by atoms with van der Waals surface area (Å²) in [6, 6.07) is 6.44. The number of benzene rings is 1. The fourth-order valence-electron chi connectivity index (χ4n) is 3.21. The van der Waals surface area contributed by atoms with Crippen molar-refractivity contribution >= 4 is 0 Å². The molecule has 0 bridgehead atoms. The maximum absolute atomic E-state index is 13.1. The number of hydrogen-bond acceptors (Lipinski definition) is 3. The Balaban J connectivity index is 2.17. The summed E-state index contributed by atoms with van der Waals surface area (Å²) in [5.41, 5.74) is 3.86. The summed E-state index contributed by atoms with van der Waals surface area (Å²) >= 11 is 0. The smallest absolute Gasteiger partial charge is 0.123 e. The first kappa shape index (κ1) is 15.4. The lowest BCUT2D eigenvalue weighted by atomic mass is 9.81. The minimum absolute atomic E-state index is 0.0516. The Bertz CT molecular complexity index is 390. The molecule has 2 rings (SSSR count). The van der Waals surface area contributed by atoms with Gasteiger partial charge in [-0.05, 0) is 43.4 Å². The van der Waals surface area contributed by atoms with Gasteiger partial charge in [0.15, 0.2) is 0 Å². The molecule has 1 aliphatic carbocycles. The molecule has 112 valence electrons. The molecule has 3 nitrogen and oxygen atoms in total. The van der Waals surface area contributed by atoms with Gasteiger partial charge in [-0.25, -0.2) is 4.39 Å². The summed E-state index contributed by atoms with van der Waals surface area (Å²) in [6.07, 6.45) is 6.25. The van der Waals surface area contributed by atoms with Crippen molar-refractivity contribution in [2.24, 2.45) is 11.8 Å². The van der Waals surface area contributed by atoms with Gasteiger partial charge in [0, 0.05) is 6.61 Å². The Morgan fingerprint density at radius 3 is 2.45 bits per heavy atom. The Morgan fingerprint density at radius 1 is 1.25 bits per heavy atom. The normalized spacial score (nSPS) is 19.8. The first-order chi connectivity index (χ1) is 9.76. The van der Waals surface area contributed by atoms with Crippen LogP contribution in [0, 0.1) is 11.7 Å². The van der Waals surface area contributed by atoms with E-state index in [4.69, 9.17) is 10.6 Å².